The van der Waals surface area contributed by atoms with Gasteiger partial charge in [0.15, 0.2) is 0 Å². The number of esters is 1. The number of amides is 1. The van der Waals surface area contributed by atoms with Crippen molar-refractivity contribution in [2.24, 2.45) is 0 Å². The van der Waals surface area contributed by atoms with E-state index in [0.29, 0.717) is 17.9 Å². The molecule has 30 heavy (non-hydrogen) atoms. The predicted molar refractivity (Wildman–Crippen MR) is 119 cm³/mol. The number of nitrogens with one attached hydrogen (secondary N) is 1. The molecule has 0 aromatic heterocycles. The van der Waals surface area contributed by atoms with Gasteiger partial charge in [0.2, 0.25) is 15.9 Å². The molecule has 0 fully saturated rings. The molecule has 0 bridgehead atoms. The normalized spacial score (nSPS) is 11.3. The zero-order chi connectivity index (χ0) is 22.1. The van der Waals surface area contributed by atoms with E-state index < -0.39 is 21.9 Å². The number of likely N-dealkylation sites (N-methyl/N-ethyl adjacent to an activating group) is 1. The number of anilines is 1. The van der Waals surface area contributed by atoms with Gasteiger partial charge in [-0.25, -0.2) is 13.2 Å². The Bertz CT molecular complexity index is 960. The van der Waals surface area contributed by atoms with Crippen LogP contribution < -0.4 is 5.32 Å². The van der Waals surface area contributed by atoms with Crippen LogP contribution >= 0.6 is 15.9 Å². The third kappa shape index (κ3) is 6.65. The van der Waals surface area contributed by atoms with Crippen molar-refractivity contribution in [3.63, 3.8) is 0 Å². The summed E-state index contributed by atoms with van der Waals surface area (Å²) >= 11 is 3.27. The first-order chi connectivity index (χ1) is 14.3. The van der Waals surface area contributed by atoms with E-state index in [2.05, 4.69) is 21.2 Å². The van der Waals surface area contributed by atoms with Gasteiger partial charge in [-0.1, -0.05) is 36.2 Å². The topological polar surface area (TPSA) is 92.8 Å². The van der Waals surface area contributed by atoms with Gasteiger partial charge in [-0.15, -0.1) is 0 Å². The highest BCUT2D eigenvalue weighted by atomic mass is 79.9. The number of unbranched alkanes of at least 4 members (excludes halogenated alkanes) is 1. The van der Waals surface area contributed by atoms with Crippen molar-refractivity contribution < 1.29 is 22.7 Å². The molecule has 9 heteroatoms. The number of rotatable bonds is 10. The van der Waals surface area contributed by atoms with Gasteiger partial charge in [0.05, 0.1) is 23.6 Å². The van der Waals surface area contributed by atoms with Gasteiger partial charge in [-0.05, 0) is 55.0 Å². The smallest absolute Gasteiger partial charge is 0.338 e. The van der Waals surface area contributed by atoms with Crippen molar-refractivity contribution in [2.75, 3.05) is 25.0 Å². The molecule has 7 nitrogen and oxygen atoms in total. The van der Waals surface area contributed by atoms with Gasteiger partial charge in [-0.3, -0.25) is 4.79 Å². The van der Waals surface area contributed by atoms with Gasteiger partial charge in [0.25, 0.3) is 0 Å². The first-order valence-corrected chi connectivity index (χ1v) is 11.8. The molecule has 1 amide bonds. The van der Waals surface area contributed by atoms with E-state index in [1.807, 2.05) is 6.92 Å². The summed E-state index contributed by atoms with van der Waals surface area (Å²) in [6.07, 6.45) is 1.74. The second-order valence-electron chi connectivity index (χ2n) is 6.50. The highest BCUT2D eigenvalue weighted by Gasteiger charge is 2.25. The summed E-state index contributed by atoms with van der Waals surface area (Å²) in [6, 6.07) is 12.5. The van der Waals surface area contributed by atoms with Crippen LogP contribution in [0.3, 0.4) is 0 Å². The van der Waals surface area contributed by atoms with Crippen LogP contribution in [0, 0.1) is 0 Å². The van der Waals surface area contributed by atoms with Gasteiger partial charge in [-0.2, -0.15) is 4.31 Å². The number of hydrogen-bond donors (Lipinski definition) is 1. The van der Waals surface area contributed by atoms with Crippen LogP contribution in [0.4, 0.5) is 5.69 Å². The molecule has 2 aromatic rings. The average Bonchev–Trinajstić information content (AvgIpc) is 2.72. The lowest BCUT2D eigenvalue weighted by molar-refractivity contribution is -0.116. The Labute approximate surface area is 185 Å². The van der Waals surface area contributed by atoms with E-state index in [-0.39, 0.29) is 18.0 Å². The SMILES string of the molecule is CCCCOC(=O)c1ccc(NC(=O)CN(CC)S(=O)(=O)c2ccc(Br)cc2)cc1. The Hall–Kier alpha value is -2.23. The first-order valence-electron chi connectivity index (χ1n) is 9.60. The van der Waals surface area contributed by atoms with Crippen LogP contribution in [0.2, 0.25) is 0 Å². The Morgan fingerprint density at radius 2 is 1.67 bits per heavy atom. The van der Waals surface area contributed by atoms with Crippen molar-refractivity contribution in [1.29, 1.82) is 0 Å². The molecule has 0 spiro atoms. The van der Waals surface area contributed by atoms with E-state index in [4.69, 9.17) is 4.74 Å². The molecule has 0 aliphatic carbocycles. The predicted octanol–water partition coefficient (Wildman–Crippen LogP) is 4.06. The fraction of sp³-hybridized carbons (Fsp3) is 0.333. The summed E-state index contributed by atoms with van der Waals surface area (Å²) in [5.74, 6) is -0.894. The number of nitrogens with zero attached hydrogens (tertiary/aromatic N) is 1. The number of halogens is 1. The average molecular weight is 497 g/mol. The minimum atomic E-state index is -3.79. The Morgan fingerprint density at radius 1 is 1.03 bits per heavy atom. The number of benzene rings is 2. The van der Waals surface area contributed by atoms with E-state index in [0.717, 1.165) is 21.6 Å². The molecule has 1 N–H and O–H groups in total. The van der Waals surface area contributed by atoms with Gasteiger partial charge in [0, 0.05) is 16.7 Å². The van der Waals surface area contributed by atoms with E-state index in [9.17, 15) is 18.0 Å². The highest BCUT2D eigenvalue weighted by molar-refractivity contribution is 9.10. The molecule has 2 aromatic carbocycles. The third-order valence-electron chi connectivity index (χ3n) is 4.26. The molecule has 162 valence electrons. The molecule has 2 rings (SSSR count). The molecule has 0 heterocycles. The summed E-state index contributed by atoms with van der Waals surface area (Å²) in [5.41, 5.74) is 0.847. The summed E-state index contributed by atoms with van der Waals surface area (Å²) in [4.78, 5) is 24.4. The molecule has 0 unspecified atom stereocenters. The van der Waals surface area contributed by atoms with Crippen molar-refractivity contribution in [2.45, 2.75) is 31.6 Å². The van der Waals surface area contributed by atoms with Gasteiger partial charge < -0.3 is 10.1 Å². The minimum absolute atomic E-state index is 0.117. The Morgan fingerprint density at radius 3 is 2.23 bits per heavy atom. The van der Waals surface area contributed by atoms with Crippen LogP contribution in [-0.4, -0.2) is 44.3 Å². The van der Waals surface area contributed by atoms with Crippen LogP contribution in [0.5, 0.6) is 0 Å². The molecule has 0 atom stereocenters. The minimum Gasteiger partial charge on any atom is -0.462 e. The standard InChI is InChI=1S/C21H25BrN2O5S/c1-3-5-14-29-21(26)16-6-10-18(11-7-16)23-20(25)15-24(4-2)30(27,28)19-12-8-17(22)9-13-19/h6-13H,3-5,14-15H2,1-2H3,(H,23,25). The number of carbonyl (C=O) groups excluding carboxylic acids is 2. The highest BCUT2D eigenvalue weighted by Crippen LogP contribution is 2.19. The Balaban J connectivity index is 1.99. The Kier molecular flexibility index (Phi) is 9.01. The first kappa shape index (κ1) is 24.0. The van der Waals surface area contributed by atoms with Crippen LogP contribution in [0.25, 0.3) is 0 Å². The lowest BCUT2D eigenvalue weighted by Gasteiger charge is -2.20. The van der Waals surface area contributed by atoms with Gasteiger partial charge >= 0.3 is 5.97 Å². The van der Waals surface area contributed by atoms with Crippen molar-refractivity contribution in [1.82, 2.24) is 4.31 Å². The molecule has 0 aliphatic rings. The summed E-state index contributed by atoms with van der Waals surface area (Å²) in [5, 5.41) is 2.65. The largest absolute Gasteiger partial charge is 0.462 e. The van der Waals surface area contributed by atoms with E-state index in [1.54, 1.807) is 43.3 Å². The molecular formula is C21H25BrN2O5S. The lowest BCUT2D eigenvalue weighted by atomic mass is 10.2. The molecule has 0 aliphatic heterocycles. The second kappa shape index (κ2) is 11.2. The van der Waals surface area contributed by atoms with Crippen molar-refractivity contribution in [3.05, 3.63) is 58.6 Å². The fourth-order valence-electron chi connectivity index (χ4n) is 2.57. The van der Waals surface area contributed by atoms with Gasteiger partial charge in [0.1, 0.15) is 0 Å². The van der Waals surface area contributed by atoms with Crippen molar-refractivity contribution >= 4 is 43.5 Å². The summed E-state index contributed by atoms with van der Waals surface area (Å²) in [6.45, 7) is 3.87. The maximum Gasteiger partial charge on any atom is 0.338 e. The maximum absolute atomic E-state index is 12.8. The zero-order valence-corrected chi connectivity index (χ0v) is 19.3. The monoisotopic (exact) mass is 496 g/mol. The summed E-state index contributed by atoms with van der Waals surface area (Å²) < 4.78 is 32.5. The van der Waals surface area contributed by atoms with E-state index >= 15 is 0 Å². The fourth-order valence-corrected chi connectivity index (χ4v) is 4.23. The van der Waals surface area contributed by atoms with Crippen molar-refractivity contribution in [3.8, 4) is 0 Å². The molecule has 0 saturated carbocycles. The maximum atomic E-state index is 12.8. The second-order valence-corrected chi connectivity index (χ2v) is 9.35. The molecule has 0 radical (unpaired) electrons. The number of sulfonamides is 1. The van der Waals surface area contributed by atoms with Crippen LogP contribution in [-0.2, 0) is 19.6 Å². The molecule has 0 saturated heterocycles. The number of hydrogen-bond acceptors (Lipinski definition) is 5. The number of carbonyl (C=O) groups is 2. The lowest BCUT2D eigenvalue weighted by Crippen LogP contribution is -2.37. The number of ether oxygens (including phenoxy) is 1. The zero-order valence-electron chi connectivity index (χ0n) is 16.9. The molecular weight excluding hydrogens is 472 g/mol. The van der Waals surface area contributed by atoms with Crippen LogP contribution in [0.1, 0.15) is 37.0 Å². The van der Waals surface area contributed by atoms with Crippen LogP contribution in [0.15, 0.2) is 57.9 Å². The third-order valence-corrected chi connectivity index (χ3v) is 6.72. The quantitative estimate of drug-likeness (QED) is 0.395. The summed E-state index contributed by atoms with van der Waals surface area (Å²) in [7, 11) is -3.79. The van der Waals surface area contributed by atoms with E-state index in [1.165, 1.54) is 12.1 Å².